The van der Waals surface area contributed by atoms with Crippen molar-refractivity contribution in [3.05, 3.63) is 65.2 Å². The van der Waals surface area contributed by atoms with E-state index in [1.807, 2.05) is 18.7 Å². The lowest BCUT2D eigenvalue weighted by atomic mass is 10.0. The fourth-order valence-corrected chi connectivity index (χ4v) is 4.11. The Morgan fingerprint density at radius 1 is 0.897 bits per heavy atom. The van der Waals surface area contributed by atoms with Gasteiger partial charge in [-0.1, -0.05) is 81.1 Å². The molecule has 0 fully saturated rings. The molecule has 3 rings (SSSR count). The van der Waals surface area contributed by atoms with E-state index in [2.05, 4.69) is 60.4 Å². The van der Waals surface area contributed by atoms with E-state index >= 15 is 0 Å². The summed E-state index contributed by atoms with van der Waals surface area (Å²) in [6, 6.07) is 17.4. The summed E-state index contributed by atoms with van der Waals surface area (Å²) in [6.45, 7) is 9.90. The van der Waals surface area contributed by atoms with Gasteiger partial charge < -0.3 is 4.90 Å². The molecule has 0 aliphatic carbocycles. The highest BCUT2D eigenvalue weighted by molar-refractivity contribution is 5.95. The Morgan fingerprint density at radius 2 is 1.55 bits per heavy atom. The molecular formula is C26H36N2O. The second-order valence-electron chi connectivity index (χ2n) is 8.74. The van der Waals surface area contributed by atoms with Crippen molar-refractivity contribution in [2.75, 3.05) is 18.0 Å². The fourth-order valence-electron chi connectivity index (χ4n) is 4.11. The molecule has 0 N–H and O–H groups in total. The van der Waals surface area contributed by atoms with E-state index in [0.717, 1.165) is 38.3 Å². The third-order valence-electron chi connectivity index (χ3n) is 5.82. The van der Waals surface area contributed by atoms with Gasteiger partial charge in [0.1, 0.15) is 0 Å². The van der Waals surface area contributed by atoms with Crippen molar-refractivity contribution in [1.29, 1.82) is 0 Å². The predicted octanol–water partition coefficient (Wildman–Crippen LogP) is 5.95. The van der Waals surface area contributed by atoms with Crippen molar-refractivity contribution in [2.24, 2.45) is 5.92 Å². The van der Waals surface area contributed by atoms with Crippen LogP contribution >= 0.6 is 0 Å². The first kappa shape index (κ1) is 21.6. The smallest absolute Gasteiger partial charge is 0.229 e. The van der Waals surface area contributed by atoms with Crippen LogP contribution in [-0.2, 0) is 17.9 Å². The van der Waals surface area contributed by atoms with Crippen LogP contribution < -0.4 is 4.90 Å². The van der Waals surface area contributed by atoms with E-state index in [1.165, 1.54) is 42.4 Å². The molecule has 0 saturated carbocycles. The topological polar surface area (TPSA) is 23.6 Å². The Kier molecular flexibility index (Phi) is 7.88. The minimum absolute atomic E-state index is 0.0135. The summed E-state index contributed by atoms with van der Waals surface area (Å²) in [5.74, 6) is 0.249. The van der Waals surface area contributed by atoms with E-state index in [1.54, 1.807) is 0 Å². The average Bonchev–Trinajstić information content (AvgIpc) is 2.71. The molecule has 0 radical (unpaired) electrons. The minimum atomic E-state index is 0.0135. The summed E-state index contributed by atoms with van der Waals surface area (Å²) in [5.41, 5.74) is 5.01. The fraction of sp³-hybridized carbons (Fsp3) is 0.500. The van der Waals surface area contributed by atoms with Gasteiger partial charge in [-0.2, -0.15) is 0 Å². The normalized spacial score (nSPS) is 16.8. The molecule has 3 nitrogen and oxygen atoms in total. The Hall–Kier alpha value is -2.13. The zero-order valence-corrected chi connectivity index (χ0v) is 18.4. The maximum atomic E-state index is 13.0. The second-order valence-corrected chi connectivity index (χ2v) is 8.74. The van der Waals surface area contributed by atoms with Gasteiger partial charge in [0.2, 0.25) is 5.91 Å². The molecule has 0 aromatic heterocycles. The molecule has 2 aromatic carbocycles. The van der Waals surface area contributed by atoms with E-state index in [9.17, 15) is 4.79 Å². The highest BCUT2D eigenvalue weighted by Crippen LogP contribution is 2.26. The maximum Gasteiger partial charge on any atom is 0.229 e. The number of nitrogens with zero attached hydrogens (tertiary/aromatic N) is 2. The SMILES string of the molecule is Cc1ccc(CN2CCCCCCCN(C(=O)C(C)C)c3ccccc3C2)cc1. The molecule has 156 valence electrons. The van der Waals surface area contributed by atoms with Crippen LogP contribution in [-0.4, -0.2) is 23.9 Å². The molecule has 0 unspecified atom stereocenters. The third kappa shape index (κ3) is 6.17. The lowest BCUT2D eigenvalue weighted by Gasteiger charge is -2.30. The quantitative estimate of drug-likeness (QED) is 0.644. The van der Waals surface area contributed by atoms with Gasteiger partial charge in [-0.15, -0.1) is 0 Å². The van der Waals surface area contributed by atoms with Crippen LogP contribution in [0.25, 0.3) is 0 Å². The minimum Gasteiger partial charge on any atom is -0.312 e. The lowest BCUT2D eigenvalue weighted by Crippen LogP contribution is -2.36. The number of hydrogen-bond acceptors (Lipinski definition) is 2. The van der Waals surface area contributed by atoms with Crippen LogP contribution in [0, 0.1) is 12.8 Å². The van der Waals surface area contributed by atoms with Crippen LogP contribution in [0.1, 0.15) is 62.6 Å². The van der Waals surface area contributed by atoms with Crippen molar-refractivity contribution in [2.45, 2.75) is 66.0 Å². The van der Waals surface area contributed by atoms with E-state index < -0.39 is 0 Å². The van der Waals surface area contributed by atoms with Gasteiger partial charge in [0.25, 0.3) is 0 Å². The molecule has 2 aromatic rings. The van der Waals surface area contributed by atoms with Crippen molar-refractivity contribution in [1.82, 2.24) is 4.90 Å². The van der Waals surface area contributed by atoms with Gasteiger partial charge in [0.05, 0.1) is 0 Å². The number of anilines is 1. The first-order chi connectivity index (χ1) is 14.0. The molecule has 1 heterocycles. The number of benzene rings is 2. The number of aryl methyl sites for hydroxylation is 1. The molecule has 3 heteroatoms. The molecule has 1 aliphatic heterocycles. The number of para-hydroxylation sites is 1. The highest BCUT2D eigenvalue weighted by Gasteiger charge is 2.22. The van der Waals surface area contributed by atoms with Gasteiger partial charge >= 0.3 is 0 Å². The van der Waals surface area contributed by atoms with Gasteiger partial charge in [0.15, 0.2) is 0 Å². The zero-order valence-electron chi connectivity index (χ0n) is 18.4. The Labute approximate surface area is 176 Å². The first-order valence-electron chi connectivity index (χ1n) is 11.2. The molecule has 0 spiro atoms. The first-order valence-corrected chi connectivity index (χ1v) is 11.2. The van der Waals surface area contributed by atoms with Gasteiger partial charge in [-0.05, 0) is 43.5 Å². The van der Waals surface area contributed by atoms with Crippen molar-refractivity contribution >= 4 is 11.6 Å². The molecule has 0 atom stereocenters. The maximum absolute atomic E-state index is 13.0. The number of rotatable bonds is 3. The lowest BCUT2D eigenvalue weighted by molar-refractivity contribution is -0.121. The van der Waals surface area contributed by atoms with Crippen molar-refractivity contribution in [3.63, 3.8) is 0 Å². The van der Waals surface area contributed by atoms with Gasteiger partial charge in [0, 0.05) is 31.2 Å². The summed E-state index contributed by atoms with van der Waals surface area (Å²) >= 11 is 0. The Morgan fingerprint density at radius 3 is 2.28 bits per heavy atom. The van der Waals surface area contributed by atoms with E-state index in [-0.39, 0.29) is 11.8 Å². The number of amides is 1. The molecule has 0 saturated heterocycles. The molecular weight excluding hydrogens is 356 g/mol. The van der Waals surface area contributed by atoms with E-state index in [4.69, 9.17) is 0 Å². The van der Waals surface area contributed by atoms with Gasteiger partial charge in [-0.3, -0.25) is 9.69 Å². The van der Waals surface area contributed by atoms with Crippen LogP contribution in [0.15, 0.2) is 48.5 Å². The summed E-state index contributed by atoms with van der Waals surface area (Å²) in [5, 5.41) is 0. The standard InChI is InChI=1S/C26H36N2O/c1-21(2)26(29)28-18-10-6-4-5-9-17-27(19-23-15-13-22(3)14-16-23)20-24-11-7-8-12-25(24)28/h7-8,11-16,21H,4-6,9-10,17-20H2,1-3H3. The zero-order chi connectivity index (χ0) is 20.6. The van der Waals surface area contributed by atoms with Crippen molar-refractivity contribution in [3.8, 4) is 0 Å². The average molecular weight is 393 g/mol. The molecule has 29 heavy (non-hydrogen) atoms. The van der Waals surface area contributed by atoms with Crippen LogP contribution in [0.2, 0.25) is 0 Å². The molecule has 1 aliphatic rings. The Balaban J connectivity index is 1.88. The predicted molar refractivity (Wildman–Crippen MR) is 122 cm³/mol. The summed E-state index contributed by atoms with van der Waals surface area (Å²) in [4.78, 5) is 17.6. The van der Waals surface area contributed by atoms with E-state index in [0.29, 0.717) is 0 Å². The molecule has 0 bridgehead atoms. The summed E-state index contributed by atoms with van der Waals surface area (Å²) < 4.78 is 0. The third-order valence-corrected chi connectivity index (χ3v) is 5.82. The monoisotopic (exact) mass is 392 g/mol. The number of fused-ring (bicyclic) bond motifs is 1. The highest BCUT2D eigenvalue weighted by atomic mass is 16.2. The largest absolute Gasteiger partial charge is 0.312 e. The number of carbonyl (C=O) groups excluding carboxylic acids is 1. The number of hydrogen-bond donors (Lipinski definition) is 0. The summed E-state index contributed by atoms with van der Waals surface area (Å²) in [6.07, 6.45) is 6.04. The molecule has 1 amide bonds. The van der Waals surface area contributed by atoms with Crippen LogP contribution in [0.3, 0.4) is 0 Å². The Bertz CT molecular complexity index is 782. The van der Waals surface area contributed by atoms with Crippen LogP contribution in [0.4, 0.5) is 5.69 Å². The van der Waals surface area contributed by atoms with Crippen molar-refractivity contribution < 1.29 is 4.79 Å². The summed E-state index contributed by atoms with van der Waals surface area (Å²) in [7, 11) is 0. The van der Waals surface area contributed by atoms with Crippen LogP contribution in [0.5, 0.6) is 0 Å². The van der Waals surface area contributed by atoms with Gasteiger partial charge in [-0.25, -0.2) is 0 Å². The second kappa shape index (κ2) is 10.6. The number of carbonyl (C=O) groups is 1.